The van der Waals surface area contributed by atoms with E-state index in [4.69, 9.17) is 4.74 Å². The SMILES string of the molecule is COc1cc(Br)cc(NC(=O)c2cccc(=O)[nH]2)c1. The first kappa shape index (κ1) is 13.4. The Morgan fingerprint density at radius 3 is 2.79 bits per heavy atom. The molecular formula is C13H11BrN2O3. The number of hydrogen-bond acceptors (Lipinski definition) is 3. The minimum atomic E-state index is -0.391. The third-order valence-corrected chi connectivity index (χ3v) is 2.84. The van der Waals surface area contributed by atoms with Gasteiger partial charge in [0.1, 0.15) is 11.4 Å². The van der Waals surface area contributed by atoms with Crippen molar-refractivity contribution < 1.29 is 9.53 Å². The van der Waals surface area contributed by atoms with Crippen molar-refractivity contribution in [2.45, 2.75) is 0 Å². The van der Waals surface area contributed by atoms with Crippen molar-refractivity contribution >= 4 is 27.5 Å². The molecule has 2 aromatic rings. The average Bonchev–Trinajstić information content (AvgIpc) is 2.38. The van der Waals surface area contributed by atoms with E-state index in [0.717, 1.165) is 4.47 Å². The molecule has 1 aromatic heterocycles. The molecule has 0 saturated heterocycles. The summed E-state index contributed by atoms with van der Waals surface area (Å²) in [4.78, 5) is 25.5. The molecule has 1 amide bonds. The summed E-state index contributed by atoms with van der Waals surface area (Å²) in [7, 11) is 1.54. The molecule has 19 heavy (non-hydrogen) atoms. The van der Waals surface area contributed by atoms with Gasteiger partial charge < -0.3 is 15.0 Å². The second-order valence-electron chi connectivity index (χ2n) is 3.76. The summed E-state index contributed by atoms with van der Waals surface area (Å²) in [5, 5.41) is 2.68. The Labute approximate surface area is 117 Å². The Morgan fingerprint density at radius 1 is 1.32 bits per heavy atom. The van der Waals surface area contributed by atoms with Crippen LogP contribution in [-0.2, 0) is 0 Å². The van der Waals surface area contributed by atoms with E-state index in [9.17, 15) is 9.59 Å². The smallest absolute Gasteiger partial charge is 0.272 e. The zero-order chi connectivity index (χ0) is 13.8. The number of rotatable bonds is 3. The normalized spacial score (nSPS) is 10.0. The highest BCUT2D eigenvalue weighted by molar-refractivity contribution is 9.10. The monoisotopic (exact) mass is 322 g/mol. The van der Waals surface area contributed by atoms with Crippen LogP contribution in [0, 0.1) is 0 Å². The average molecular weight is 323 g/mol. The van der Waals surface area contributed by atoms with E-state index in [0.29, 0.717) is 11.4 Å². The lowest BCUT2D eigenvalue weighted by Gasteiger charge is -2.08. The van der Waals surface area contributed by atoms with Gasteiger partial charge in [0.2, 0.25) is 5.56 Å². The van der Waals surface area contributed by atoms with Gasteiger partial charge in [-0.2, -0.15) is 0 Å². The highest BCUT2D eigenvalue weighted by Crippen LogP contribution is 2.24. The van der Waals surface area contributed by atoms with Crippen molar-refractivity contribution in [3.8, 4) is 5.75 Å². The molecule has 0 bridgehead atoms. The zero-order valence-electron chi connectivity index (χ0n) is 10.1. The van der Waals surface area contributed by atoms with Crippen LogP contribution in [0.2, 0.25) is 0 Å². The van der Waals surface area contributed by atoms with E-state index >= 15 is 0 Å². The third kappa shape index (κ3) is 3.45. The van der Waals surface area contributed by atoms with Crippen molar-refractivity contribution in [2.75, 3.05) is 12.4 Å². The maximum Gasteiger partial charge on any atom is 0.272 e. The number of nitrogens with one attached hydrogen (secondary N) is 2. The molecule has 2 N–H and O–H groups in total. The van der Waals surface area contributed by atoms with Crippen LogP contribution in [0.3, 0.4) is 0 Å². The number of ether oxygens (including phenoxy) is 1. The lowest BCUT2D eigenvalue weighted by molar-refractivity contribution is 0.102. The number of amides is 1. The molecule has 0 fully saturated rings. The molecule has 0 aliphatic carbocycles. The second kappa shape index (κ2) is 5.71. The van der Waals surface area contributed by atoms with Gasteiger partial charge in [0.15, 0.2) is 0 Å². The lowest BCUT2D eigenvalue weighted by atomic mass is 10.2. The molecule has 1 heterocycles. The number of anilines is 1. The van der Waals surface area contributed by atoms with Crippen LogP contribution in [0.25, 0.3) is 0 Å². The highest BCUT2D eigenvalue weighted by atomic mass is 79.9. The first-order valence-electron chi connectivity index (χ1n) is 5.44. The standard InChI is InChI=1S/C13H11BrN2O3/c1-19-10-6-8(14)5-9(7-10)15-13(18)11-3-2-4-12(17)16-11/h2-7H,1H3,(H,15,18)(H,16,17). The van der Waals surface area contributed by atoms with Crippen LogP contribution in [0.15, 0.2) is 45.7 Å². The number of H-pyrrole nitrogens is 1. The molecule has 0 atom stereocenters. The summed E-state index contributed by atoms with van der Waals surface area (Å²) >= 11 is 3.32. The quantitative estimate of drug-likeness (QED) is 0.911. The summed E-state index contributed by atoms with van der Waals surface area (Å²) in [6.07, 6.45) is 0. The van der Waals surface area contributed by atoms with E-state index in [1.165, 1.54) is 18.2 Å². The lowest BCUT2D eigenvalue weighted by Crippen LogP contribution is -2.17. The van der Waals surface area contributed by atoms with Gasteiger partial charge in [-0.25, -0.2) is 0 Å². The molecule has 1 aromatic carbocycles. The summed E-state index contributed by atoms with van der Waals surface area (Å²) < 4.78 is 5.88. The maximum atomic E-state index is 11.9. The largest absolute Gasteiger partial charge is 0.497 e. The second-order valence-corrected chi connectivity index (χ2v) is 4.68. The molecule has 6 heteroatoms. The molecule has 2 rings (SSSR count). The molecular weight excluding hydrogens is 312 g/mol. The Bertz CT molecular complexity index is 667. The van der Waals surface area contributed by atoms with Crippen molar-refractivity contribution in [1.82, 2.24) is 4.98 Å². The van der Waals surface area contributed by atoms with E-state index in [2.05, 4.69) is 26.2 Å². The number of carbonyl (C=O) groups is 1. The fourth-order valence-corrected chi connectivity index (χ4v) is 2.00. The van der Waals surface area contributed by atoms with Gasteiger partial charge in [0.05, 0.1) is 7.11 Å². The van der Waals surface area contributed by atoms with Crippen LogP contribution in [0.4, 0.5) is 5.69 Å². The van der Waals surface area contributed by atoms with Crippen LogP contribution in [-0.4, -0.2) is 18.0 Å². The Kier molecular flexibility index (Phi) is 4.01. The molecule has 0 spiro atoms. The summed E-state index contributed by atoms with van der Waals surface area (Å²) in [5.41, 5.74) is 0.451. The predicted octanol–water partition coefficient (Wildman–Crippen LogP) is 2.40. The van der Waals surface area contributed by atoms with E-state index in [-0.39, 0.29) is 11.3 Å². The first-order valence-corrected chi connectivity index (χ1v) is 6.23. The number of halogens is 1. The van der Waals surface area contributed by atoms with Gasteiger partial charge in [0.25, 0.3) is 5.91 Å². The Morgan fingerprint density at radius 2 is 2.11 bits per heavy atom. The fourth-order valence-electron chi connectivity index (χ4n) is 1.53. The van der Waals surface area contributed by atoms with Crippen LogP contribution in [0.1, 0.15) is 10.5 Å². The third-order valence-electron chi connectivity index (χ3n) is 2.38. The number of pyridine rings is 1. The first-order chi connectivity index (χ1) is 9.08. The summed E-state index contributed by atoms with van der Waals surface area (Å²) in [6, 6.07) is 9.60. The fraction of sp³-hybridized carbons (Fsp3) is 0.0769. The molecule has 0 saturated carbocycles. The van der Waals surface area contributed by atoms with Crippen LogP contribution >= 0.6 is 15.9 Å². The number of benzene rings is 1. The summed E-state index contributed by atoms with van der Waals surface area (Å²) in [5.74, 6) is 0.226. The van der Waals surface area contributed by atoms with Crippen molar-refractivity contribution in [3.05, 3.63) is 56.9 Å². The van der Waals surface area contributed by atoms with Gasteiger partial charge in [-0.15, -0.1) is 0 Å². The van der Waals surface area contributed by atoms with Crippen LogP contribution < -0.4 is 15.6 Å². The number of carbonyl (C=O) groups excluding carboxylic acids is 1. The van der Waals surface area contributed by atoms with E-state index in [1.54, 1.807) is 25.3 Å². The molecule has 0 radical (unpaired) electrons. The number of aromatic nitrogens is 1. The minimum absolute atomic E-state index is 0.200. The van der Waals surface area contributed by atoms with Crippen molar-refractivity contribution in [1.29, 1.82) is 0 Å². The number of aromatic amines is 1. The van der Waals surface area contributed by atoms with E-state index in [1.807, 2.05) is 0 Å². The van der Waals surface area contributed by atoms with E-state index < -0.39 is 5.91 Å². The molecule has 0 aliphatic rings. The Balaban J connectivity index is 2.24. The van der Waals surface area contributed by atoms with Crippen LogP contribution in [0.5, 0.6) is 5.75 Å². The predicted molar refractivity (Wildman–Crippen MR) is 75.7 cm³/mol. The minimum Gasteiger partial charge on any atom is -0.497 e. The van der Waals surface area contributed by atoms with Gasteiger partial charge in [-0.3, -0.25) is 9.59 Å². The Hall–Kier alpha value is -2.08. The molecule has 98 valence electrons. The topological polar surface area (TPSA) is 71.2 Å². The van der Waals surface area contributed by atoms with Gasteiger partial charge in [0, 0.05) is 22.3 Å². The zero-order valence-corrected chi connectivity index (χ0v) is 11.7. The molecule has 5 nitrogen and oxygen atoms in total. The van der Waals surface area contributed by atoms with Gasteiger partial charge in [-0.1, -0.05) is 22.0 Å². The summed E-state index contributed by atoms with van der Waals surface area (Å²) in [6.45, 7) is 0. The maximum absolute atomic E-state index is 11.9. The highest BCUT2D eigenvalue weighted by Gasteiger charge is 2.08. The number of hydrogen-bond donors (Lipinski definition) is 2. The van der Waals surface area contributed by atoms with Crippen molar-refractivity contribution in [3.63, 3.8) is 0 Å². The van der Waals surface area contributed by atoms with Gasteiger partial charge >= 0.3 is 0 Å². The van der Waals surface area contributed by atoms with Crippen molar-refractivity contribution in [2.24, 2.45) is 0 Å². The molecule has 0 aliphatic heterocycles. The molecule has 0 unspecified atom stereocenters. The number of methoxy groups -OCH3 is 1. The van der Waals surface area contributed by atoms with Gasteiger partial charge in [-0.05, 0) is 18.2 Å².